The number of methoxy groups -OCH3 is 1. The molecule has 0 spiro atoms. The summed E-state index contributed by atoms with van der Waals surface area (Å²) in [7, 11) is 3.15. The zero-order valence-corrected chi connectivity index (χ0v) is 14.9. The summed E-state index contributed by atoms with van der Waals surface area (Å²) in [6.45, 7) is 3.43. The summed E-state index contributed by atoms with van der Waals surface area (Å²) in [5, 5.41) is 3.30. The fourth-order valence-corrected chi connectivity index (χ4v) is 2.71. The van der Waals surface area contributed by atoms with Crippen LogP contribution >= 0.6 is 0 Å². The Balaban J connectivity index is 1.71. The van der Waals surface area contributed by atoms with Crippen molar-refractivity contribution < 1.29 is 18.7 Å². The minimum Gasteiger partial charge on any atom is -0.469 e. The Morgan fingerprint density at radius 3 is 2.56 bits per heavy atom. The third-order valence-corrected chi connectivity index (χ3v) is 4.13. The first-order chi connectivity index (χ1) is 12.2. The lowest BCUT2D eigenvalue weighted by atomic mass is 10.2. The number of carbonyl (C=O) groups excluding carboxylic acids is 2. The van der Waals surface area contributed by atoms with Crippen molar-refractivity contribution in [3.63, 3.8) is 0 Å². The molecule has 25 heavy (non-hydrogen) atoms. The number of unbranched alkanes of at least 4 members (excludes halogenated alkanes) is 1. The van der Waals surface area contributed by atoms with Crippen LogP contribution in [0.2, 0.25) is 0 Å². The Labute approximate surface area is 147 Å². The average molecular weight is 350 g/mol. The molecule has 138 valence electrons. The summed E-state index contributed by atoms with van der Waals surface area (Å²) in [6.07, 6.45) is 3.59. The first-order valence-corrected chi connectivity index (χ1v) is 8.51. The van der Waals surface area contributed by atoms with Crippen molar-refractivity contribution in [1.82, 2.24) is 15.1 Å². The lowest BCUT2D eigenvalue weighted by Crippen LogP contribution is -2.53. The van der Waals surface area contributed by atoms with Crippen molar-refractivity contribution in [2.24, 2.45) is 4.99 Å². The molecule has 0 radical (unpaired) electrons. The Kier molecular flexibility index (Phi) is 7.31. The van der Waals surface area contributed by atoms with Crippen LogP contribution in [0.5, 0.6) is 0 Å². The summed E-state index contributed by atoms with van der Waals surface area (Å²) in [6, 6.07) is 3.40. The molecule has 2 rings (SSSR count). The molecule has 0 aliphatic carbocycles. The molecule has 2 heterocycles. The fraction of sp³-hybridized carbons (Fsp3) is 0.588. The number of hydrogen-bond donors (Lipinski definition) is 1. The highest BCUT2D eigenvalue weighted by Crippen LogP contribution is 2.09. The second kappa shape index (κ2) is 9.71. The zero-order valence-electron chi connectivity index (χ0n) is 14.9. The van der Waals surface area contributed by atoms with Crippen molar-refractivity contribution in [3.05, 3.63) is 24.2 Å². The van der Waals surface area contributed by atoms with Gasteiger partial charge in [-0.2, -0.15) is 0 Å². The molecule has 1 amide bonds. The van der Waals surface area contributed by atoms with E-state index < -0.39 is 0 Å². The molecule has 1 aromatic rings. The molecular formula is C17H26N4O4. The molecule has 0 atom stereocenters. The highest BCUT2D eigenvalue weighted by Gasteiger charge is 2.24. The number of rotatable bonds is 6. The molecule has 1 aliphatic heterocycles. The van der Waals surface area contributed by atoms with Gasteiger partial charge >= 0.3 is 5.97 Å². The van der Waals surface area contributed by atoms with E-state index in [1.807, 2.05) is 0 Å². The number of piperazine rings is 1. The minimum atomic E-state index is -0.179. The SMILES string of the molecule is CN=C(NCCCCC(=O)OC)N1CCN(C(=O)c2ccco2)CC1. The van der Waals surface area contributed by atoms with Crippen molar-refractivity contribution in [2.45, 2.75) is 19.3 Å². The van der Waals surface area contributed by atoms with Gasteiger partial charge in [-0.25, -0.2) is 0 Å². The number of aliphatic imine (C=N–C) groups is 1. The number of nitrogens with one attached hydrogen (secondary N) is 1. The predicted octanol–water partition coefficient (Wildman–Crippen LogP) is 0.956. The minimum absolute atomic E-state index is 0.0737. The van der Waals surface area contributed by atoms with Crippen molar-refractivity contribution in [3.8, 4) is 0 Å². The predicted molar refractivity (Wildman–Crippen MR) is 93.4 cm³/mol. The molecule has 8 nitrogen and oxygen atoms in total. The molecule has 1 fully saturated rings. The number of amides is 1. The van der Waals surface area contributed by atoms with Gasteiger partial charge in [-0.05, 0) is 25.0 Å². The van der Waals surface area contributed by atoms with Crippen LogP contribution in [-0.2, 0) is 9.53 Å². The lowest BCUT2D eigenvalue weighted by molar-refractivity contribution is -0.140. The fourth-order valence-electron chi connectivity index (χ4n) is 2.71. The monoisotopic (exact) mass is 350 g/mol. The summed E-state index contributed by atoms with van der Waals surface area (Å²) >= 11 is 0. The average Bonchev–Trinajstić information content (AvgIpc) is 3.19. The molecule has 0 saturated carbocycles. The first kappa shape index (κ1) is 18.8. The Hall–Kier alpha value is -2.51. The van der Waals surface area contributed by atoms with Gasteiger partial charge in [0.2, 0.25) is 0 Å². The lowest BCUT2D eigenvalue weighted by Gasteiger charge is -2.36. The summed E-state index contributed by atoms with van der Waals surface area (Å²) < 4.78 is 9.79. The molecular weight excluding hydrogens is 324 g/mol. The van der Waals surface area contributed by atoms with E-state index in [9.17, 15) is 9.59 Å². The van der Waals surface area contributed by atoms with Gasteiger partial charge in [0.25, 0.3) is 5.91 Å². The van der Waals surface area contributed by atoms with E-state index in [1.54, 1.807) is 24.1 Å². The van der Waals surface area contributed by atoms with Gasteiger partial charge in [0, 0.05) is 46.2 Å². The van der Waals surface area contributed by atoms with Gasteiger partial charge in [0.1, 0.15) is 0 Å². The number of hydrogen-bond acceptors (Lipinski definition) is 5. The molecule has 0 bridgehead atoms. The molecule has 8 heteroatoms. The van der Waals surface area contributed by atoms with Crippen LogP contribution in [0.4, 0.5) is 0 Å². The number of esters is 1. The summed E-state index contributed by atoms with van der Waals surface area (Å²) in [4.78, 5) is 31.6. The van der Waals surface area contributed by atoms with Crippen LogP contribution in [0.25, 0.3) is 0 Å². The Bertz CT molecular complexity index is 577. The van der Waals surface area contributed by atoms with E-state index >= 15 is 0 Å². The van der Waals surface area contributed by atoms with Gasteiger partial charge in [-0.3, -0.25) is 14.6 Å². The van der Waals surface area contributed by atoms with Crippen molar-refractivity contribution in [2.75, 3.05) is 46.9 Å². The standard InChI is InChI=1S/C17H26N4O4/c1-18-17(19-8-4-3-7-15(22)24-2)21-11-9-20(10-12-21)16(23)14-6-5-13-25-14/h5-6,13H,3-4,7-12H2,1-2H3,(H,18,19). The third kappa shape index (κ3) is 5.51. The second-order valence-electron chi connectivity index (χ2n) is 5.76. The van der Waals surface area contributed by atoms with E-state index in [1.165, 1.54) is 13.4 Å². The Morgan fingerprint density at radius 2 is 1.96 bits per heavy atom. The van der Waals surface area contributed by atoms with Crippen LogP contribution in [-0.4, -0.2) is 74.5 Å². The van der Waals surface area contributed by atoms with E-state index in [2.05, 4.69) is 19.9 Å². The summed E-state index contributed by atoms with van der Waals surface area (Å²) in [5.41, 5.74) is 0. The highest BCUT2D eigenvalue weighted by atomic mass is 16.5. The van der Waals surface area contributed by atoms with Crippen LogP contribution in [0.1, 0.15) is 29.8 Å². The maximum absolute atomic E-state index is 12.3. The van der Waals surface area contributed by atoms with Crippen molar-refractivity contribution in [1.29, 1.82) is 0 Å². The number of guanidine groups is 1. The van der Waals surface area contributed by atoms with Crippen LogP contribution in [0.15, 0.2) is 27.8 Å². The number of carbonyl (C=O) groups is 2. The molecule has 1 N–H and O–H groups in total. The maximum Gasteiger partial charge on any atom is 0.305 e. The van der Waals surface area contributed by atoms with E-state index in [-0.39, 0.29) is 11.9 Å². The first-order valence-electron chi connectivity index (χ1n) is 8.51. The van der Waals surface area contributed by atoms with E-state index in [0.29, 0.717) is 38.4 Å². The number of furan rings is 1. The van der Waals surface area contributed by atoms with Gasteiger partial charge in [0.15, 0.2) is 11.7 Å². The summed E-state index contributed by atoms with van der Waals surface area (Å²) in [5.74, 6) is 0.946. The third-order valence-electron chi connectivity index (χ3n) is 4.13. The van der Waals surface area contributed by atoms with Gasteiger partial charge in [-0.15, -0.1) is 0 Å². The molecule has 0 unspecified atom stereocenters. The van der Waals surface area contributed by atoms with Gasteiger partial charge in [-0.1, -0.05) is 0 Å². The van der Waals surface area contributed by atoms with E-state index in [0.717, 1.165) is 25.3 Å². The van der Waals surface area contributed by atoms with Crippen LogP contribution in [0.3, 0.4) is 0 Å². The molecule has 0 aromatic carbocycles. The van der Waals surface area contributed by atoms with Crippen molar-refractivity contribution >= 4 is 17.8 Å². The van der Waals surface area contributed by atoms with Gasteiger partial charge < -0.3 is 24.3 Å². The smallest absolute Gasteiger partial charge is 0.305 e. The quantitative estimate of drug-likeness (QED) is 0.356. The largest absolute Gasteiger partial charge is 0.469 e. The molecule has 1 aliphatic rings. The number of ether oxygens (including phenoxy) is 1. The highest BCUT2D eigenvalue weighted by molar-refractivity contribution is 5.91. The van der Waals surface area contributed by atoms with Crippen LogP contribution < -0.4 is 5.32 Å². The number of nitrogens with zero attached hydrogens (tertiary/aromatic N) is 3. The topological polar surface area (TPSA) is 87.4 Å². The van der Waals surface area contributed by atoms with Crippen LogP contribution in [0, 0.1) is 0 Å². The Morgan fingerprint density at radius 1 is 1.24 bits per heavy atom. The second-order valence-corrected chi connectivity index (χ2v) is 5.76. The molecule has 1 aromatic heterocycles. The normalized spacial score (nSPS) is 15.2. The van der Waals surface area contributed by atoms with E-state index in [4.69, 9.17) is 4.42 Å². The zero-order chi connectivity index (χ0) is 18.1. The molecule has 1 saturated heterocycles. The maximum atomic E-state index is 12.3. The van der Waals surface area contributed by atoms with Gasteiger partial charge in [0.05, 0.1) is 13.4 Å².